The van der Waals surface area contributed by atoms with Gasteiger partial charge in [-0.1, -0.05) is 133 Å². The molecule has 0 fully saturated rings. The molecule has 13 aromatic rings. The minimum Gasteiger partial charge on any atom is -0.455 e. The van der Waals surface area contributed by atoms with Crippen molar-refractivity contribution in [2.75, 3.05) is 0 Å². The zero-order valence-electron chi connectivity index (χ0n) is 32.9. The minimum absolute atomic E-state index is 0.378. The van der Waals surface area contributed by atoms with Crippen LogP contribution in [0.4, 0.5) is 5.69 Å². The molecule has 0 aliphatic rings. The van der Waals surface area contributed by atoms with Gasteiger partial charge in [0.25, 0.3) is 0 Å². The molecule has 0 N–H and O–H groups in total. The van der Waals surface area contributed by atoms with Gasteiger partial charge in [0, 0.05) is 43.4 Å². The van der Waals surface area contributed by atoms with Gasteiger partial charge < -0.3 is 18.0 Å². The first kappa shape index (κ1) is 34.1. The van der Waals surface area contributed by atoms with E-state index in [2.05, 4.69) is 105 Å². The summed E-state index contributed by atoms with van der Waals surface area (Å²) in [4.78, 5) is 4.45. The van der Waals surface area contributed by atoms with Gasteiger partial charge in [-0.05, 0) is 59.7 Å². The lowest BCUT2D eigenvalue weighted by Gasteiger charge is -2.25. The Balaban J connectivity index is 1.30. The molecule has 13 rings (SSSR count). The molecule has 6 nitrogen and oxygen atoms in total. The number of para-hydroxylation sites is 4. The van der Waals surface area contributed by atoms with Crippen LogP contribution in [0.3, 0.4) is 0 Å². The molecule has 6 heteroatoms. The minimum atomic E-state index is 0.378. The zero-order valence-corrected chi connectivity index (χ0v) is 32.9. The van der Waals surface area contributed by atoms with Gasteiger partial charge in [-0.2, -0.15) is 5.26 Å². The average Bonchev–Trinajstić information content (AvgIpc) is 4.09. The third-order valence-electron chi connectivity index (χ3n) is 12.6. The van der Waals surface area contributed by atoms with Crippen LogP contribution in [0.5, 0.6) is 0 Å². The second-order valence-corrected chi connectivity index (χ2v) is 15.7. The molecule has 0 unspecified atom stereocenters. The van der Waals surface area contributed by atoms with E-state index in [4.69, 9.17) is 15.4 Å². The SMILES string of the molecule is [C-]#[N+]c1c(-c2ccccc2)c(C#N)c(-n2c3ccccc3c3c4oc5ccccc5c4ccc32)c(-c2ccccc2)c1-n1c2ccccc2c2c3oc4ccccc4c3ccc21. The van der Waals surface area contributed by atoms with Crippen LogP contribution in [0.2, 0.25) is 0 Å². The van der Waals surface area contributed by atoms with E-state index < -0.39 is 0 Å². The molecular weight excluding hydrogens is 761 g/mol. The largest absolute Gasteiger partial charge is 0.455 e. The highest BCUT2D eigenvalue weighted by Gasteiger charge is 2.32. The Morgan fingerprint density at radius 1 is 0.419 bits per heavy atom. The monoisotopic (exact) mass is 790 g/mol. The Morgan fingerprint density at radius 3 is 1.35 bits per heavy atom. The highest BCUT2D eigenvalue weighted by atomic mass is 16.3. The summed E-state index contributed by atoms with van der Waals surface area (Å²) >= 11 is 0. The van der Waals surface area contributed by atoms with Crippen LogP contribution in [0.15, 0.2) is 191 Å². The third kappa shape index (κ3) is 4.50. The predicted molar refractivity (Wildman–Crippen MR) is 252 cm³/mol. The fourth-order valence-corrected chi connectivity index (χ4v) is 10.1. The molecule has 4 heterocycles. The van der Waals surface area contributed by atoms with E-state index >= 15 is 0 Å². The smallest absolute Gasteiger partial charge is 0.220 e. The Bertz CT molecular complexity index is 3890. The van der Waals surface area contributed by atoms with Crippen molar-refractivity contribution in [1.82, 2.24) is 9.13 Å². The van der Waals surface area contributed by atoms with Gasteiger partial charge in [0.15, 0.2) is 0 Å². The second kappa shape index (κ2) is 12.8. The van der Waals surface area contributed by atoms with E-state index in [9.17, 15) is 5.26 Å². The van der Waals surface area contributed by atoms with Gasteiger partial charge in [-0.3, -0.25) is 0 Å². The van der Waals surface area contributed by atoms with E-state index in [0.29, 0.717) is 28.2 Å². The van der Waals surface area contributed by atoms with Crippen LogP contribution in [0.25, 0.3) is 126 Å². The van der Waals surface area contributed by atoms with E-state index in [1.165, 1.54) is 0 Å². The van der Waals surface area contributed by atoms with Crippen molar-refractivity contribution in [2.24, 2.45) is 0 Å². The molecule has 9 aromatic carbocycles. The molecule has 0 saturated heterocycles. The summed E-state index contributed by atoms with van der Waals surface area (Å²) in [7, 11) is 0. The molecule has 0 radical (unpaired) electrons. The van der Waals surface area contributed by atoms with Gasteiger partial charge in [0.2, 0.25) is 5.69 Å². The Labute approximate surface area is 353 Å². The average molecular weight is 791 g/mol. The maximum Gasteiger partial charge on any atom is 0.220 e. The van der Waals surface area contributed by atoms with Crippen LogP contribution < -0.4 is 0 Å². The number of nitriles is 1. The number of nitrogens with zero attached hydrogens (tertiary/aromatic N) is 4. The van der Waals surface area contributed by atoms with Crippen molar-refractivity contribution in [1.29, 1.82) is 5.26 Å². The van der Waals surface area contributed by atoms with Crippen LogP contribution >= 0.6 is 0 Å². The quantitative estimate of drug-likeness (QED) is 0.167. The van der Waals surface area contributed by atoms with Crippen LogP contribution in [-0.2, 0) is 0 Å². The number of hydrogen-bond donors (Lipinski definition) is 0. The first-order valence-electron chi connectivity index (χ1n) is 20.5. The summed E-state index contributed by atoms with van der Waals surface area (Å²) in [5.41, 5.74) is 11.9. The van der Waals surface area contributed by atoms with Gasteiger partial charge in [0.1, 0.15) is 28.4 Å². The molecule has 0 spiro atoms. The molecule has 0 aliphatic heterocycles. The van der Waals surface area contributed by atoms with Gasteiger partial charge in [-0.25, -0.2) is 4.85 Å². The topological polar surface area (TPSA) is 64.3 Å². The summed E-state index contributed by atoms with van der Waals surface area (Å²) < 4.78 is 17.9. The number of rotatable bonds is 4. The maximum absolute atomic E-state index is 11.7. The molecule has 62 heavy (non-hydrogen) atoms. The highest BCUT2D eigenvalue weighted by molar-refractivity contribution is 6.26. The van der Waals surface area contributed by atoms with Crippen LogP contribution in [0, 0.1) is 17.9 Å². The molecule has 286 valence electrons. The number of aromatic nitrogens is 2. The van der Waals surface area contributed by atoms with Crippen molar-refractivity contribution in [3.05, 3.63) is 199 Å². The lowest BCUT2D eigenvalue weighted by molar-refractivity contribution is 0.672. The van der Waals surface area contributed by atoms with Gasteiger partial charge in [0.05, 0.1) is 56.3 Å². The van der Waals surface area contributed by atoms with Gasteiger partial charge in [-0.15, -0.1) is 0 Å². The zero-order chi connectivity index (χ0) is 41.1. The lowest BCUT2D eigenvalue weighted by Crippen LogP contribution is -2.08. The predicted octanol–water partition coefficient (Wildman–Crippen LogP) is 15.4. The van der Waals surface area contributed by atoms with Crippen molar-refractivity contribution in [2.45, 2.75) is 0 Å². The van der Waals surface area contributed by atoms with Crippen LogP contribution in [0.1, 0.15) is 5.56 Å². The maximum atomic E-state index is 11.7. The molecule has 0 saturated carbocycles. The first-order chi connectivity index (χ1) is 30.7. The standard InChI is InChI=1S/C56H30N4O2/c1-58-52-48(33-16-4-2-5-17-33)41(32-57)53(59-42-24-12-8-22-39(42)50-44(59)30-28-37-35-20-10-14-26-46(35)61-55(37)50)49(34-18-6-3-7-19-34)54(52)60-43-25-13-9-23-40(43)51-45(60)31-29-38-36-21-11-15-27-47(36)62-56(38)51/h2-31H. The van der Waals surface area contributed by atoms with Crippen molar-refractivity contribution in [3.8, 4) is 39.7 Å². The van der Waals surface area contributed by atoms with Crippen molar-refractivity contribution in [3.63, 3.8) is 0 Å². The number of fused-ring (bicyclic) bond motifs is 14. The van der Waals surface area contributed by atoms with E-state index in [1.807, 2.05) is 97.1 Å². The number of benzene rings is 9. The molecule has 0 bridgehead atoms. The number of furan rings is 2. The summed E-state index contributed by atoms with van der Waals surface area (Å²) in [6, 6.07) is 64.3. The van der Waals surface area contributed by atoms with E-state index in [-0.39, 0.29) is 0 Å². The normalized spacial score (nSPS) is 11.8. The molecule has 0 atom stereocenters. The number of hydrogen-bond acceptors (Lipinski definition) is 3. The fourth-order valence-electron chi connectivity index (χ4n) is 10.1. The summed E-state index contributed by atoms with van der Waals surface area (Å²) in [6.45, 7) is 9.14. The lowest BCUT2D eigenvalue weighted by atomic mass is 9.88. The highest BCUT2D eigenvalue weighted by Crippen LogP contribution is 2.53. The molecule has 4 aromatic heterocycles. The van der Waals surface area contributed by atoms with E-state index in [1.54, 1.807) is 0 Å². The third-order valence-corrected chi connectivity index (χ3v) is 12.6. The Kier molecular flexibility index (Phi) is 7.05. The van der Waals surface area contributed by atoms with Crippen LogP contribution in [-0.4, -0.2) is 9.13 Å². The molecular formula is C56H30N4O2. The molecule has 0 amide bonds. The summed E-state index contributed by atoms with van der Waals surface area (Å²) in [5.74, 6) is 0. The fraction of sp³-hybridized carbons (Fsp3) is 0. The Hall–Kier alpha value is -8.84. The summed E-state index contributed by atoms with van der Waals surface area (Å²) in [6.07, 6.45) is 0. The van der Waals surface area contributed by atoms with E-state index in [0.717, 1.165) is 104 Å². The van der Waals surface area contributed by atoms with Crippen molar-refractivity contribution < 1.29 is 8.83 Å². The molecule has 0 aliphatic carbocycles. The van der Waals surface area contributed by atoms with Gasteiger partial charge >= 0.3 is 0 Å². The summed E-state index contributed by atoms with van der Waals surface area (Å²) in [5, 5.41) is 19.8. The second-order valence-electron chi connectivity index (χ2n) is 15.7. The Morgan fingerprint density at radius 2 is 0.855 bits per heavy atom. The van der Waals surface area contributed by atoms with Crippen molar-refractivity contribution >= 4 is 93.2 Å². The first-order valence-corrected chi connectivity index (χ1v) is 20.5.